The molecule has 0 aliphatic carbocycles. The number of aromatic amines is 1. The lowest BCUT2D eigenvalue weighted by molar-refractivity contribution is 0.0511. The first kappa shape index (κ1) is 55.5. The van der Waals surface area contributed by atoms with Crippen molar-refractivity contribution in [2.24, 2.45) is 0 Å². The normalized spacial score (nSPS) is 11.2. The summed E-state index contributed by atoms with van der Waals surface area (Å²) >= 11 is 19.6. The predicted molar refractivity (Wildman–Crippen MR) is 301 cm³/mol. The number of aryl methyl sites for hydroxylation is 1. The zero-order valence-corrected chi connectivity index (χ0v) is 46.9. The number of hydrogen-bond acceptors (Lipinski definition) is 15. The number of ketones is 1. The molecule has 0 spiro atoms. The molecule has 75 heavy (non-hydrogen) atoms. The largest absolute Gasteiger partial charge is 0.477 e. The Hall–Kier alpha value is -7.30. The van der Waals surface area contributed by atoms with Crippen molar-refractivity contribution in [3.8, 4) is 0 Å². The molecular formula is C52H47Br2Cl2N11O7S. The molecule has 18 nitrogen and oxygen atoms in total. The van der Waals surface area contributed by atoms with E-state index >= 15 is 0 Å². The first-order valence-corrected chi connectivity index (χ1v) is 25.7. The van der Waals surface area contributed by atoms with Crippen LogP contribution in [-0.4, -0.2) is 84.7 Å². The van der Waals surface area contributed by atoms with E-state index in [0.29, 0.717) is 33.2 Å². The number of rotatable bonds is 6. The van der Waals surface area contributed by atoms with E-state index in [4.69, 9.17) is 37.8 Å². The van der Waals surface area contributed by atoms with E-state index in [1.165, 1.54) is 20.7 Å². The van der Waals surface area contributed by atoms with Crippen molar-refractivity contribution in [2.45, 2.75) is 66.6 Å². The summed E-state index contributed by atoms with van der Waals surface area (Å²) in [5.41, 5.74) is 4.16. The molecule has 0 unspecified atom stereocenters. The van der Waals surface area contributed by atoms with Crippen molar-refractivity contribution >= 4 is 156 Å². The number of nitrogens with one attached hydrogen (secondary N) is 3. The van der Waals surface area contributed by atoms with Crippen molar-refractivity contribution < 1.29 is 33.8 Å². The zero-order valence-electron chi connectivity index (χ0n) is 41.4. The van der Waals surface area contributed by atoms with E-state index in [-0.39, 0.29) is 16.4 Å². The fourth-order valence-electron chi connectivity index (χ4n) is 6.82. The monoisotopic (exact) mass is 1200 g/mol. The average molecular weight is 1200 g/mol. The number of H-pyrrole nitrogens is 1. The number of Topliss-reactive ketones (excluding diaryl/α,β-unsaturated/α-hetero) is 1. The highest BCUT2D eigenvalue weighted by atomic mass is 79.9. The second-order valence-corrected chi connectivity index (χ2v) is 21.9. The van der Waals surface area contributed by atoms with Gasteiger partial charge < -0.3 is 30.2 Å². The van der Waals surface area contributed by atoms with Crippen LogP contribution in [0.25, 0.3) is 42.8 Å². The second kappa shape index (κ2) is 23.5. The minimum absolute atomic E-state index is 0.0623. The lowest BCUT2D eigenvalue weighted by Gasteiger charge is -2.19. The number of halogens is 4. The Morgan fingerprint density at radius 1 is 0.653 bits per heavy atom. The topological polar surface area (TPSA) is 234 Å². The minimum Gasteiger partial charge on any atom is -0.477 e. The van der Waals surface area contributed by atoms with Gasteiger partial charge in [-0.05, 0) is 156 Å². The number of carbonyl (C=O) groups excluding carboxylic acids is 3. The molecule has 10 rings (SSSR count). The summed E-state index contributed by atoms with van der Waals surface area (Å²) in [5.74, 6) is 0.370. The van der Waals surface area contributed by atoms with E-state index in [0.717, 1.165) is 57.8 Å². The van der Waals surface area contributed by atoms with Gasteiger partial charge in [-0.2, -0.15) is 19.6 Å². The molecule has 0 aliphatic rings. The Balaban J connectivity index is 0.000000152. The SMILES string of the molecule is CC(=O)c1cc2ccc(Br)cc2[nH]1.CC(C)(C)OC(=O)n1ncc2cc(Nc3ccnc(Cl)n3)ccc21.Cc1cc(Nc2ccc3c(cnn3C(=O)OC(C)(C)C)c2)nc(Cl)n1.O=C(O)c1cc2ccc(Br)cc2s1. The average Bonchev–Trinajstić information content (AvgIpc) is 4.13. The molecule has 23 heteroatoms. The maximum absolute atomic E-state index is 12.2. The van der Waals surface area contributed by atoms with Crippen LogP contribution in [0.4, 0.5) is 32.6 Å². The van der Waals surface area contributed by atoms with Crippen molar-refractivity contribution in [2.75, 3.05) is 10.6 Å². The third-order valence-corrected chi connectivity index (χ3v) is 12.3. The van der Waals surface area contributed by atoms with Crippen LogP contribution < -0.4 is 10.6 Å². The van der Waals surface area contributed by atoms with Crippen molar-refractivity contribution in [3.05, 3.63) is 151 Å². The van der Waals surface area contributed by atoms with Crippen LogP contribution >= 0.6 is 66.4 Å². The first-order chi connectivity index (χ1) is 35.4. The molecule has 0 saturated heterocycles. The molecule has 4 aromatic carbocycles. The van der Waals surface area contributed by atoms with Gasteiger partial charge in [0.2, 0.25) is 10.6 Å². The van der Waals surface area contributed by atoms with E-state index in [1.54, 1.807) is 55.8 Å². The van der Waals surface area contributed by atoms with Crippen molar-refractivity contribution in [3.63, 3.8) is 0 Å². The number of nitrogens with zero attached hydrogens (tertiary/aromatic N) is 8. The number of aromatic carboxylic acids is 1. The summed E-state index contributed by atoms with van der Waals surface area (Å²) in [6, 6.07) is 29.6. The van der Waals surface area contributed by atoms with Gasteiger partial charge in [-0.1, -0.05) is 44.0 Å². The Morgan fingerprint density at radius 2 is 1.20 bits per heavy atom. The van der Waals surface area contributed by atoms with Crippen LogP contribution in [-0.2, 0) is 9.47 Å². The van der Waals surface area contributed by atoms with Gasteiger partial charge >= 0.3 is 18.2 Å². The fraction of sp³-hybridized carbons (Fsp3) is 0.192. The number of fused-ring (bicyclic) bond motifs is 4. The number of aromatic nitrogens is 9. The summed E-state index contributed by atoms with van der Waals surface area (Å²) < 4.78 is 16.2. The van der Waals surface area contributed by atoms with Gasteiger partial charge in [0.15, 0.2) is 5.78 Å². The Kier molecular flexibility index (Phi) is 17.4. The summed E-state index contributed by atoms with van der Waals surface area (Å²) in [6.45, 7) is 14.3. The van der Waals surface area contributed by atoms with Gasteiger partial charge in [0.25, 0.3) is 0 Å². The molecule has 0 amide bonds. The van der Waals surface area contributed by atoms with Gasteiger partial charge in [0.1, 0.15) is 27.7 Å². The highest BCUT2D eigenvalue weighted by Crippen LogP contribution is 2.29. The van der Waals surface area contributed by atoms with Gasteiger partial charge in [0.05, 0.1) is 29.1 Å². The number of carboxylic acid groups (broad SMARTS) is 1. The van der Waals surface area contributed by atoms with Gasteiger partial charge in [-0.25, -0.2) is 34.3 Å². The molecule has 0 atom stereocenters. The number of anilines is 4. The molecule has 0 fully saturated rings. The number of carbonyl (C=O) groups is 4. The smallest absolute Gasteiger partial charge is 0.435 e. The van der Waals surface area contributed by atoms with E-state index < -0.39 is 29.4 Å². The second-order valence-electron chi connectivity index (χ2n) is 18.3. The third-order valence-electron chi connectivity index (χ3n) is 9.92. The molecule has 0 aliphatic heterocycles. The number of carboxylic acids is 1. The van der Waals surface area contributed by atoms with Crippen molar-refractivity contribution in [1.82, 2.24) is 44.5 Å². The quantitative estimate of drug-likeness (QED) is 0.0895. The molecule has 0 bridgehead atoms. The van der Waals surface area contributed by atoms with Crippen LogP contribution in [0.15, 0.2) is 125 Å². The predicted octanol–water partition coefficient (Wildman–Crippen LogP) is 14.8. The lowest BCUT2D eigenvalue weighted by Crippen LogP contribution is -2.27. The number of ether oxygens (including phenoxy) is 2. The number of benzene rings is 4. The molecule has 10 aromatic rings. The summed E-state index contributed by atoms with van der Waals surface area (Å²) in [7, 11) is 0. The van der Waals surface area contributed by atoms with Crippen LogP contribution in [0, 0.1) is 6.92 Å². The summed E-state index contributed by atoms with van der Waals surface area (Å²) in [6.07, 6.45) is 3.76. The summed E-state index contributed by atoms with van der Waals surface area (Å²) in [4.78, 5) is 65.6. The zero-order chi connectivity index (χ0) is 54.4. The van der Waals surface area contributed by atoms with Crippen molar-refractivity contribution in [1.29, 1.82) is 0 Å². The van der Waals surface area contributed by atoms with Crippen LogP contribution in [0.5, 0.6) is 0 Å². The maximum atomic E-state index is 12.2. The molecule has 6 aromatic heterocycles. The van der Waals surface area contributed by atoms with Gasteiger partial charge in [0, 0.05) is 71.6 Å². The molecule has 4 N–H and O–H groups in total. The fourth-order valence-corrected chi connectivity index (χ4v) is 9.00. The molecule has 0 radical (unpaired) electrons. The van der Waals surface area contributed by atoms with E-state index in [9.17, 15) is 19.2 Å². The minimum atomic E-state index is -0.864. The third kappa shape index (κ3) is 15.4. The highest BCUT2D eigenvalue weighted by Gasteiger charge is 2.22. The molecule has 0 saturated carbocycles. The van der Waals surface area contributed by atoms with Crippen LogP contribution in [0.1, 0.15) is 74.3 Å². The Labute approximate surface area is 460 Å². The standard InChI is InChI=1S/C17H18ClN5O2.C16H16ClN5O2.C10H8BrNO.C9H5BrO2S/c1-10-7-14(22-15(18)20-10)21-12-5-6-13-11(8-12)9-19-23(13)16(24)25-17(2,3)4;1-16(2,3)24-15(23)22-12-5-4-11(8-10(12)9-19-22)20-13-6-7-18-14(17)21-13;1-6(13)9-4-7-2-3-8(11)5-10(7)12-9;10-6-2-1-5-3-8(9(11)12)13-7(5)4-6/h5-9H,1-4H3,(H,20,21,22);4-9H,1-3H3,(H,18,20,21);2-5,12H,1H3;1-4H,(H,11,12). The lowest BCUT2D eigenvalue weighted by atomic mass is 10.2. The van der Waals surface area contributed by atoms with Crippen LogP contribution in [0.3, 0.4) is 0 Å². The highest BCUT2D eigenvalue weighted by molar-refractivity contribution is 9.10. The number of hydrogen-bond donors (Lipinski definition) is 4. The molecular weight excluding hydrogens is 1150 g/mol. The van der Waals surface area contributed by atoms with Crippen LogP contribution in [0.2, 0.25) is 10.6 Å². The van der Waals surface area contributed by atoms with Gasteiger partial charge in [-0.15, -0.1) is 11.3 Å². The van der Waals surface area contributed by atoms with Gasteiger partial charge in [-0.3, -0.25) is 4.79 Å². The number of thiophene rings is 1. The molecule has 6 heterocycles. The maximum Gasteiger partial charge on any atom is 0.435 e. The van der Waals surface area contributed by atoms with E-state index in [1.807, 2.05) is 115 Å². The summed E-state index contributed by atoms with van der Waals surface area (Å²) in [5, 5.41) is 27.3. The Morgan fingerprint density at radius 3 is 1.73 bits per heavy atom. The molecule has 386 valence electrons. The Bertz CT molecular complexity index is 3640. The first-order valence-electron chi connectivity index (χ1n) is 22.5. The van der Waals surface area contributed by atoms with E-state index in [2.05, 4.69) is 77.6 Å².